The summed E-state index contributed by atoms with van der Waals surface area (Å²) in [5, 5.41) is 7.68. The first kappa shape index (κ1) is 22.6. The molecule has 1 N–H and O–H groups in total. The third-order valence-electron chi connectivity index (χ3n) is 5.86. The zero-order valence-corrected chi connectivity index (χ0v) is 19.4. The second kappa shape index (κ2) is 10.8. The van der Waals surface area contributed by atoms with Crippen LogP contribution < -0.4 is 10.2 Å². The summed E-state index contributed by atoms with van der Waals surface area (Å²) in [5.41, 5.74) is 2.33. The van der Waals surface area contributed by atoms with Crippen LogP contribution in [0.25, 0.3) is 0 Å². The van der Waals surface area contributed by atoms with E-state index in [0.29, 0.717) is 10.7 Å². The summed E-state index contributed by atoms with van der Waals surface area (Å²) in [6, 6.07) is 18.0. The maximum absolute atomic E-state index is 13.7. The molecule has 166 valence electrons. The first-order valence-corrected chi connectivity index (χ1v) is 12.4. The molecule has 3 aromatic rings. The SMILES string of the molecule is O=C(NC1CCCCC1)[C@@H](c1ccccc1)N(C(=O)Cc1ccsc1)c1cccc(Cl)c1. The number of nitrogens with zero attached hydrogens (tertiary/aromatic N) is 1. The van der Waals surface area contributed by atoms with Crippen molar-refractivity contribution in [3.63, 3.8) is 0 Å². The average molecular weight is 467 g/mol. The molecule has 0 aliphatic heterocycles. The first-order chi connectivity index (χ1) is 15.6. The normalized spacial score (nSPS) is 15.2. The lowest BCUT2D eigenvalue weighted by molar-refractivity contribution is -0.127. The minimum atomic E-state index is -0.775. The van der Waals surface area contributed by atoms with Crippen molar-refractivity contribution >= 4 is 40.4 Å². The van der Waals surface area contributed by atoms with E-state index in [1.807, 2.05) is 59.3 Å². The fourth-order valence-electron chi connectivity index (χ4n) is 4.30. The number of benzene rings is 2. The molecule has 1 atom stereocenters. The van der Waals surface area contributed by atoms with E-state index in [2.05, 4.69) is 5.32 Å². The van der Waals surface area contributed by atoms with E-state index in [4.69, 9.17) is 11.6 Å². The lowest BCUT2D eigenvalue weighted by Crippen LogP contribution is -2.47. The minimum absolute atomic E-state index is 0.140. The highest BCUT2D eigenvalue weighted by Gasteiger charge is 2.34. The number of nitrogens with one attached hydrogen (secondary N) is 1. The van der Waals surface area contributed by atoms with Crippen molar-refractivity contribution < 1.29 is 9.59 Å². The minimum Gasteiger partial charge on any atom is -0.351 e. The van der Waals surface area contributed by atoms with E-state index >= 15 is 0 Å². The second-order valence-electron chi connectivity index (χ2n) is 8.21. The van der Waals surface area contributed by atoms with Gasteiger partial charge >= 0.3 is 0 Å². The van der Waals surface area contributed by atoms with Crippen molar-refractivity contribution in [2.75, 3.05) is 4.90 Å². The average Bonchev–Trinajstić information content (AvgIpc) is 3.31. The third-order valence-corrected chi connectivity index (χ3v) is 6.83. The standard InChI is InChI=1S/C26H27ClN2O2S/c27-21-10-7-13-23(17-21)29(24(30)16-19-14-15-32-18-19)25(20-8-3-1-4-9-20)26(31)28-22-11-5-2-6-12-22/h1,3-4,7-10,13-15,17-18,22,25H,2,5-6,11-12,16H2,(H,28,31)/t25-/m1/s1. The van der Waals surface area contributed by atoms with Crippen LogP contribution >= 0.6 is 22.9 Å². The first-order valence-electron chi connectivity index (χ1n) is 11.1. The van der Waals surface area contributed by atoms with Crippen LogP contribution in [-0.2, 0) is 16.0 Å². The number of amides is 2. The Kier molecular flexibility index (Phi) is 7.61. The van der Waals surface area contributed by atoms with E-state index in [1.165, 1.54) is 6.42 Å². The topological polar surface area (TPSA) is 49.4 Å². The Morgan fingerprint density at radius 1 is 1.03 bits per heavy atom. The summed E-state index contributed by atoms with van der Waals surface area (Å²) in [6.07, 6.45) is 5.63. The maximum Gasteiger partial charge on any atom is 0.248 e. The summed E-state index contributed by atoms with van der Waals surface area (Å²) in [4.78, 5) is 28.9. The van der Waals surface area contributed by atoms with Crippen LogP contribution in [0.1, 0.15) is 49.3 Å². The van der Waals surface area contributed by atoms with Crippen molar-refractivity contribution in [2.45, 2.75) is 50.6 Å². The Morgan fingerprint density at radius 2 is 1.81 bits per heavy atom. The lowest BCUT2D eigenvalue weighted by atomic mass is 9.94. The van der Waals surface area contributed by atoms with Crippen LogP contribution in [0.15, 0.2) is 71.4 Å². The Labute approximate surface area is 198 Å². The molecule has 0 saturated heterocycles. The van der Waals surface area contributed by atoms with Gasteiger partial charge in [0, 0.05) is 16.8 Å². The van der Waals surface area contributed by atoms with Gasteiger partial charge in [-0.25, -0.2) is 0 Å². The molecule has 0 spiro atoms. The van der Waals surface area contributed by atoms with Gasteiger partial charge in [-0.1, -0.05) is 67.3 Å². The molecule has 1 fully saturated rings. The van der Waals surface area contributed by atoms with Crippen LogP contribution in [0.4, 0.5) is 5.69 Å². The number of carbonyl (C=O) groups is 2. The highest BCUT2D eigenvalue weighted by Crippen LogP contribution is 2.31. The zero-order chi connectivity index (χ0) is 22.3. The largest absolute Gasteiger partial charge is 0.351 e. The number of hydrogen-bond acceptors (Lipinski definition) is 3. The van der Waals surface area contributed by atoms with Crippen molar-refractivity contribution in [3.05, 3.63) is 87.6 Å². The molecular formula is C26H27ClN2O2S. The molecule has 0 unspecified atom stereocenters. The summed E-state index contributed by atoms with van der Waals surface area (Å²) in [6.45, 7) is 0. The number of anilines is 1. The Hall–Kier alpha value is -2.63. The lowest BCUT2D eigenvalue weighted by Gasteiger charge is -2.33. The molecule has 2 amide bonds. The molecule has 32 heavy (non-hydrogen) atoms. The van der Waals surface area contributed by atoms with Crippen LogP contribution in [0.3, 0.4) is 0 Å². The van der Waals surface area contributed by atoms with E-state index in [9.17, 15) is 9.59 Å². The maximum atomic E-state index is 13.7. The number of hydrogen-bond donors (Lipinski definition) is 1. The van der Waals surface area contributed by atoms with Crippen molar-refractivity contribution in [1.82, 2.24) is 5.32 Å². The molecule has 4 nitrogen and oxygen atoms in total. The number of rotatable bonds is 7. The van der Waals surface area contributed by atoms with Crippen LogP contribution in [0.2, 0.25) is 5.02 Å². The van der Waals surface area contributed by atoms with Gasteiger partial charge in [0.1, 0.15) is 6.04 Å². The van der Waals surface area contributed by atoms with E-state index in [0.717, 1.165) is 36.8 Å². The Bertz CT molecular complexity index is 1030. The van der Waals surface area contributed by atoms with Gasteiger partial charge in [-0.2, -0.15) is 11.3 Å². The van der Waals surface area contributed by atoms with Gasteiger partial charge in [-0.05, 0) is 59.0 Å². The molecule has 1 aromatic heterocycles. The molecule has 4 rings (SSSR count). The van der Waals surface area contributed by atoms with Crippen LogP contribution in [0, 0.1) is 0 Å². The van der Waals surface area contributed by atoms with Crippen molar-refractivity contribution in [3.8, 4) is 0 Å². The highest BCUT2D eigenvalue weighted by molar-refractivity contribution is 7.08. The summed E-state index contributed by atoms with van der Waals surface area (Å²) in [5.74, 6) is -0.292. The molecule has 0 bridgehead atoms. The predicted octanol–water partition coefficient (Wildman–Crippen LogP) is 6.17. The van der Waals surface area contributed by atoms with Crippen molar-refractivity contribution in [2.24, 2.45) is 0 Å². The van der Waals surface area contributed by atoms with Gasteiger partial charge in [0.25, 0.3) is 0 Å². The van der Waals surface area contributed by atoms with Crippen LogP contribution in [-0.4, -0.2) is 17.9 Å². The Balaban J connectivity index is 1.72. The smallest absolute Gasteiger partial charge is 0.248 e. The zero-order valence-electron chi connectivity index (χ0n) is 17.9. The molecule has 2 aromatic carbocycles. The number of halogens is 1. The van der Waals surface area contributed by atoms with Crippen LogP contribution in [0.5, 0.6) is 0 Å². The van der Waals surface area contributed by atoms with Gasteiger partial charge in [-0.3, -0.25) is 14.5 Å². The van der Waals surface area contributed by atoms with Crippen molar-refractivity contribution in [1.29, 1.82) is 0 Å². The second-order valence-corrected chi connectivity index (χ2v) is 9.43. The molecule has 1 aliphatic rings. The number of thiophene rings is 1. The Morgan fingerprint density at radius 3 is 2.50 bits per heavy atom. The molecule has 1 aliphatic carbocycles. The number of carbonyl (C=O) groups excluding carboxylic acids is 2. The summed E-state index contributed by atoms with van der Waals surface area (Å²) < 4.78 is 0. The van der Waals surface area contributed by atoms with Gasteiger partial charge in [0.15, 0.2) is 0 Å². The third kappa shape index (κ3) is 5.59. The van der Waals surface area contributed by atoms with Gasteiger partial charge in [0.05, 0.1) is 6.42 Å². The quantitative estimate of drug-likeness (QED) is 0.452. The van der Waals surface area contributed by atoms with Gasteiger partial charge in [0.2, 0.25) is 11.8 Å². The van der Waals surface area contributed by atoms with E-state index in [1.54, 1.807) is 28.4 Å². The highest BCUT2D eigenvalue weighted by atomic mass is 35.5. The van der Waals surface area contributed by atoms with E-state index in [-0.39, 0.29) is 24.3 Å². The predicted molar refractivity (Wildman–Crippen MR) is 131 cm³/mol. The summed E-state index contributed by atoms with van der Waals surface area (Å²) >= 11 is 7.84. The molecule has 6 heteroatoms. The van der Waals surface area contributed by atoms with Gasteiger partial charge in [-0.15, -0.1) is 0 Å². The monoisotopic (exact) mass is 466 g/mol. The molecule has 1 heterocycles. The molecular weight excluding hydrogens is 440 g/mol. The fourth-order valence-corrected chi connectivity index (χ4v) is 5.15. The van der Waals surface area contributed by atoms with Gasteiger partial charge < -0.3 is 5.32 Å². The van der Waals surface area contributed by atoms with E-state index < -0.39 is 6.04 Å². The molecule has 1 saturated carbocycles. The summed E-state index contributed by atoms with van der Waals surface area (Å²) in [7, 11) is 0. The molecule has 0 radical (unpaired) electrons. The fraction of sp³-hybridized carbons (Fsp3) is 0.308.